The molecule has 3 rings (SSSR count). The van der Waals surface area contributed by atoms with Gasteiger partial charge in [0.15, 0.2) is 5.69 Å². The van der Waals surface area contributed by atoms with E-state index in [4.69, 9.17) is 22.1 Å². The molecule has 0 aliphatic carbocycles. The lowest BCUT2D eigenvalue weighted by Gasteiger charge is -2.19. The van der Waals surface area contributed by atoms with Gasteiger partial charge in [-0.2, -0.15) is 0 Å². The highest BCUT2D eigenvalue weighted by Gasteiger charge is 2.23. The molecular formula is C20H17ClFN5O4. The van der Waals surface area contributed by atoms with Gasteiger partial charge in [0.2, 0.25) is 0 Å². The molecule has 9 nitrogen and oxygen atoms in total. The molecule has 0 atom stereocenters. The second kappa shape index (κ2) is 8.84. The van der Waals surface area contributed by atoms with Crippen molar-refractivity contribution in [3.8, 4) is 5.75 Å². The van der Waals surface area contributed by atoms with E-state index in [1.165, 1.54) is 43.6 Å². The first-order valence-corrected chi connectivity index (χ1v) is 9.16. The summed E-state index contributed by atoms with van der Waals surface area (Å²) in [4.78, 5) is 44.3. The number of ether oxygens (including phenoxy) is 1. The Bertz CT molecular complexity index is 1180. The summed E-state index contributed by atoms with van der Waals surface area (Å²) in [7, 11) is 2.88. The number of hydrogen-bond acceptors (Lipinski definition) is 5. The molecule has 0 saturated heterocycles. The monoisotopic (exact) mass is 445 g/mol. The predicted molar refractivity (Wildman–Crippen MR) is 112 cm³/mol. The normalized spacial score (nSPS) is 10.5. The van der Waals surface area contributed by atoms with Gasteiger partial charge in [0, 0.05) is 18.8 Å². The van der Waals surface area contributed by atoms with Crippen LogP contribution in [0, 0.1) is 5.82 Å². The molecule has 4 N–H and O–H groups in total. The number of anilines is 2. The first-order chi connectivity index (χ1) is 14.7. The van der Waals surface area contributed by atoms with E-state index in [1.807, 2.05) is 0 Å². The van der Waals surface area contributed by atoms with Crippen LogP contribution in [0.5, 0.6) is 5.75 Å². The zero-order valence-corrected chi connectivity index (χ0v) is 17.2. The fraction of sp³-hybridized carbons (Fsp3) is 0.100. The summed E-state index contributed by atoms with van der Waals surface area (Å²) in [6, 6.07) is 8.02. The van der Waals surface area contributed by atoms with Crippen LogP contribution in [0.3, 0.4) is 0 Å². The summed E-state index contributed by atoms with van der Waals surface area (Å²) in [5.74, 6) is -2.27. The van der Waals surface area contributed by atoms with E-state index in [9.17, 15) is 18.8 Å². The number of imidazole rings is 1. The Morgan fingerprint density at radius 2 is 1.97 bits per heavy atom. The first kappa shape index (κ1) is 21.8. The number of amides is 3. The first-order valence-electron chi connectivity index (χ1n) is 8.78. The van der Waals surface area contributed by atoms with Gasteiger partial charge >= 0.3 is 0 Å². The Morgan fingerprint density at radius 3 is 2.61 bits per heavy atom. The molecule has 0 radical (unpaired) electrons. The number of nitrogens with one attached hydrogen (secondary N) is 2. The van der Waals surface area contributed by atoms with Gasteiger partial charge in [0.25, 0.3) is 17.7 Å². The predicted octanol–water partition coefficient (Wildman–Crippen LogP) is 2.84. The zero-order valence-electron chi connectivity index (χ0n) is 16.4. The Kier molecular flexibility index (Phi) is 6.21. The van der Waals surface area contributed by atoms with Crippen LogP contribution in [0.15, 0.2) is 42.7 Å². The highest BCUT2D eigenvalue weighted by atomic mass is 35.5. The molecule has 0 spiro atoms. The second-order valence-corrected chi connectivity index (χ2v) is 6.72. The largest absolute Gasteiger partial charge is 0.494 e. The van der Waals surface area contributed by atoms with Gasteiger partial charge in [-0.15, -0.1) is 0 Å². The second-order valence-electron chi connectivity index (χ2n) is 6.32. The number of primary amides is 1. The van der Waals surface area contributed by atoms with E-state index >= 15 is 0 Å². The summed E-state index contributed by atoms with van der Waals surface area (Å²) < 4.78 is 18.5. The third-order valence-corrected chi connectivity index (χ3v) is 4.70. The van der Waals surface area contributed by atoms with Crippen molar-refractivity contribution in [1.82, 2.24) is 9.97 Å². The van der Waals surface area contributed by atoms with Gasteiger partial charge in [-0.25, -0.2) is 9.37 Å². The van der Waals surface area contributed by atoms with Crippen molar-refractivity contribution in [1.29, 1.82) is 0 Å². The van der Waals surface area contributed by atoms with Crippen LogP contribution in [-0.2, 0) is 0 Å². The smallest absolute Gasteiger partial charge is 0.276 e. The number of nitrogens with two attached hydrogens (primary N) is 1. The van der Waals surface area contributed by atoms with Crippen LogP contribution < -0.4 is 20.7 Å². The number of benzene rings is 2. The van der Waals surface area contributed by atoms with Crippen LogP contribution in [0.2, 0.25) is 5.02 Å². The minimum atomic E-state index is -0.840. The summed E-state index contributed by atoms with van der Waals surface area (Å²) in [5.41, 5.74) is 5.79. The minimum Gasteiger partial charge on any atom is -0.494 e. The van der Waals surface area contributed by atoms with E-state index in [2.05, 4.69) is 15.3 Å². The SMILES string of the molecule is COc1cc(N(C)C(=O)c2[nH]cnc2C(N)=O)ccc1NC(=O)c1ccc(F)cc1Cl. The van der Waals surface area contributed by atoms with Crippen LogP contribution in [0.1, 0.15) is 31.3 Å². The van der Waals surface area contributed by atoms with Crippen molar-refractivity contribution in [3.05, 3.63) is 70.5 Å². The molecule has 1 aromatic heterocycles. The molecule has 0 aliphatic rings. The van der Waals surface area contributed by atoms with Crippen molar-refractivity contribution in [2.24, 2.45) is 5.73 Å². The van der Waals surface area contributed by atoms with Gasteiger partial charge < -0.3 is 25.7 Å². The Morgan fingerprint density at radius 1 is 1.23 bits per heavy atom. The van der Waals surface area contributed by atoms with E-state index in [0.29, 0.717) is 11.4 Å². The number of H-pyrrole nitrogens is 1. The molecule has 3 aromatic rings. The maximum Gasteiger partial charge on any atom is 0.276 e. The Hall–Kier alpha value is -3.92. The average Bonchev–Trinajstić information content (AvgIpc) is 3.23. The van der Waals surface area contributed by atoms with Crippen molar-refractivity contribution in [2.45, 2.75) is 0 Å². The zero-order chi connectivity index (χ0) is 22.7. The molecule has 0 aliphatic heterocycles. The third kappa shape index (κ3) is 4.48. The van der Waals surface area contributed by atoms with Gasteiger partial charge in [-0.05, 0) is 30.3 Å². The number of aromatic amines is 1. The number of rotatable bonds is 6. The van der Waals surface area contributed by atoms with Crippen LogP contribution in [0.25, 0.3) is 0 Å². The number of aromatic nitrogens is 2. The number of halogens is 2. The summed E-state index contributed by atoms with van der Waals surface area (Å²) in [6.45, 7) is 0. The maximum atomic E-state index is 13.2. The Balaban J connectivity index is 1.85. The van der Waals surface area contributed by atoms with E-state index in [0.717, 1.165) is 12.1 Å². The number of hydrogen-bond donors (Lipinski definition) is 3. The molecule has 3 amide bonds. The molecule has 0 bridgehead atoms. The summed E-state index contributed by atoms with van der Waals surface area (Å²) >= 11 is 5.93. The lowest BCUT2D eigenvalue weighted by molar-refractivity contribution is 0.0958. The topological polar surface area (TPSA) is 130 Å². The molecular weight excluding hydrogens is 429 g/mol. The quantitative estimate of drug-likeness (QED) is 0.537. The van der Waals surface area contributed by atoms with Gasteiger partial charge in [-0.3, -0.25) is 14.4 Å². The highest BCUT2D eigenvalue weighted by molar-refractivity contribution is 6.34. The van der Waals surface area contributed by atoms with E-state index < -0.39 is 23.5 Å². The van der Waals surface area contributed by atoms with Crippen molar-refractivity contribution in [3.63, 3.8) is 0 Å². The molecule has 1 heterocycles. The number of methoxy groups -OCH3 is 1. The van der Waals surface area contributed by atoms with E-state index in [-0.39, 0.29) is 27.7 Å². The van der Waals surface area contributed by atoms with Crippen LogP contribution in [0.4, 0.5) is 15.8 Å². The van der Waals surface area contributed by atoms with Crippen molar-refractivity contribution < 1.29 is 23.5 Å². The molecule has 0 saturated carbocycles. The summed E-state index contributed by atoms with van der Waals surface area (Å²) in [6.07, 6.45) is 1.20. The fourth-order valence-electron chi connectivity index (χ4n) is 2.78. The van der Waals surface area contributed by atoms with Crippen LogP contribution in [-0.4, -0.2) is 41.8 Å². The number of nitrogens with zero attached hydrogens (tertiary/aromatic N) is 2. The number of carbonyl (C=O) groups is 3. The standard InChI is InChI=1S/C20H17ClFN5O4/c1-27(20(30)17-16(18(23)28)24-9-25-17)11-4-6-14(15(8-11)31-2)26-19(29)12-5-3-10(22)7-13(12)21/h3-9H,1-2H3,(H2,23,28)(H,24,25)(H,26,29). The minimum absolute atomic E-state index is 0.0387. The lowest BCUT2D eigenvalue weighted by Crippen LogP contribution is -2.29. The average molecular weight is 446 g/mol. The van der Waals surface area contributed by atoms with Gasteiger partial charge in [-0.1, -0.05) is 11.6 Å². The maximum absolute atomic E-state index is 13.2. The summed E-state index contributed by atoms with van der Waals surface area (Å²) in [5, 5.41) is 2.59. The molecule has 160 valence electrons. The van der Waals surface area contributed by atoms with Crippen molar-refractivity contribution >= 4 is 40.7 Å². The van der Waals surface area contributed by atoms with Gasteiger partial charge in [0.1, 0.15) is 17.3 Å². The van der Waals surface area contributed by atoms with E-state index in [1.54, 1.807) is 6.07 Å². The molecule has 31 heavy (non-hydrogen) atoms. The molecule has 0 fully saturated rings. The third-order valence-electron chi connectivity index (χ3n) is 4.39. The number of carbonyl (C=O) groups excluding carboxylic acids is 3. The highest BCUT2D eigenvalue weighted by Crippen LogP contribution is 2.31. The van der Waals surface area contributed by atoms with Gasteiger partial charge in [0.05, 0.1) is 29.7 Å². The molecule has 11 heteroatoms. The Labute approximate surface area is 181 Å². The molecule has 2 aromatic carbocycles. The molecule has 0 unspecified atom stereocenters. The lowest BCUT2D eigenvalue weighted by atomic mass is 10.2. The van der Waals surface area contributed by atoms with Crippen LogP contribution >= 0.6 is 11.6 Å². The fourth-order valence-corrected chi connectivity index (χ4v) is 3.04. The van der Waals surface area contributed by atoms with Crippen molar-refractivity contribution in [2.75, 3.05) is 24.4 Å².